The lowest BCUT2D eigenvalue weighted by molar-refractivity contribution is 0.0823. The average Bonchev–Trinajstić information content (AvgIpc) is 2.34. The zero-order chi connectivity index (χ0) is 12.1. The third-order valence-electron chi connectivity index (χ3n) is 2.97. The van der Waals surface area contributed by atoms with E-state index < -0.39 is 10.8 Å². The molecule has 1 N–H and O–H groups in total. The third kappa shape index (κ3) is 3.63. The van der Waals surface area contributed by atoms with Gasteiger partial charge in [-0.3, -0.25) is 4.21 Å². The highest BCUT2D eigenvalue weighted by Gasteiger charge is 2.19. The fraction of sp³-hybridized carbons (Fsp3) is 0.538. The van der Waals surface area contributed by atoms with Crippen molar-refractivity contribution in [2.75, 3.05) is 25.2 Å². The van der Waals surface area contributed by atoms with Crippen molar-refractivity contribution >= 4 is 10.8 Å². The maximum absolute atomic E-state index is 11.0. The van der Waals surface area contributed by atoms with Gasteiger partial charge in [-0.15, -0.1) is 0 Å². The Bertz CT molecular complexity index is 395. The monoisotopic (exact) mass is 253 g/mol. The van der Waals surface area contributed by atoms with Crippen LogP contribution >= 0.6 is 0 Å². The lowest BCUT2D eigenvalue weighted by Gasteiger charge is -2.26. The molecule has 2 atom stereocenters. The molecule has 0 amide bonds. The van der Waals surface area contributed by atoms with E-state index in [0.717, 1.165) is 25.3 Å². The zero-order valence-corrected chi connectivity index (χ0v) is 11.0. The minimum atomic E-state index is -0.688. The van der Waals surface area contributed by atoms with Gasteiger partial charge in [0.25, 0.3) is 0 Å². The second-order valence-corrected chi connectivity index (χ2v) is 5.91. The molecule has 0 aliphatic carbocycles. The van der Waals surface area contributed by atoms with Crippen LogP contribution in [0.3, 0.4) is 0 Å². The highest BCUT2D eigenvalue weighted by atomic mass is 32.2. The molecule has 1 heterocycles. The Labute approximate surface area is 105 Å². The summed E-state index contributed by atoms with van der Waals surface area (Å²) >= 11 is 0. The van der Waals surface area contributed by atoms with Gasteiger partial charge in [-0.2, -0.15) is 0 Å². The zero-order valence-electron chi connectivity index (χ0n) is 10.1. The molecule has 0 radical (unpaired) electrons. The van der Waals surface area contributed by atoms with Crippen LogP contribution in [-0.4, -0.2) is 29.4 Å². The molecule has 4 heteroatoms. The Kier molecular flexibility index (Phi) is 4.71. The molecule has 1 aromatic carbocycles. The van der Waals surface area contributed by atoms with Crippen LogP contribution in [0.5, 0.6) is 0 Å². The summed E-state index contributed by atoms with van der Waals surface area (Å²) in [6.07, 6.45) is 2.70. The quantitative estimate of drug-likeness (QED) is 0.810. The number of fused-ring (bicyclic) bond motifs is 1. The van der Waals surface area contributed by atoms with Crippen LogP contribution in [0.4, 0.5) is 0 Å². The molecule has 3 nitrogen and oxygen atoms in total. The number of ether oxygens (including phenoxy) is 1. The molecule has 1 aliphatic rings. The summed E-state index contributed by atoms with van der Waals surface area (Å²) < 4.78 is 16.5. The lowest BCUT2D eigenvalue weighted by atomic mass is 9.99. The van der Waals surface area contributed by atoms with Gasteiger partial charge in [0.05, 0.1) is 19.3 Å². The first-order chi connectivity index (χ1) is 8.27. The van der Waals surface area contributed by atoms with E-state index in [1.165, 1.54) is 11.1 Å². The van der Waals surface area contributed by atoms with E-state index in [9.17, 15) is 4.21 Å². The number of nitrogens with one attached hydrogen (secondary N) is 1. The second-order valence-electron chi connectivity index (χ2n) is 4.35. The number of hydrogen-bond acceptors (Lipinski definition) is 3. The van der Waals surface area contributed by atoms with Crippen molar-refractivity contribution in [3.05, 3.63) is 35.4 Å². The fourth-order valence-electron chi connectivity index (χ4n) is 2.10. The molecule has 0 spiro atoms. The van der Waals surface area contributed by atoms with Crippen LogP contribution in [0.25, 0.3) is 0 Å². The molecule has 0 saturated carbocycles. The highest BCUT2D eigenvalue weighted by Crippen LogP contribution is 2.24. The van der Waals surface area contributed by atoms with Crippen molar-refractivity contribution in [2.45, 2.75) is 19.1 Å². The smallest absolute Gasteiger partial charge is 0.0721 e. The van der Waals surface area contributed by atoms with E-state index in [0.29, 0.717) is 6.61 Å². The summed E-state index contributed by atoms with van der Waals surface area (Å²) in [6.45, 7) is 2.33. The molecule has 2 unspecified atom stereocenters. The molecule has 17 heavy (non-hydrogen) atoms. The summed E-state index contributed by atoms with van der Waals surface area (Å²) in [5, 5.41) is 3.47. The molecular weight excluding hydrogens is 234 g/mol. The Morgan fingerprint density at radius 1 is 1.47 bits per heavy atom. The van der Waals surface area contributed by atoms with E-state index in [-0.39, 0.29) is 6.04 Å². The van der Waals surface area contributed by atoms with Crippen molar-refractivity contribution in [3.63, 3.8) is 0 Å². The molecule has 1 aliphatic heterocycles. The molecule has 0 fully saturated rings. The van der Waals surface area contributed by atoms with E-state index >= 15 is 0 Å². The van der Waals surface area contributed by atoms with Gasteiger partial charge in [0.15, 0.2) is 0 Å². The van der Waals surface area contributed by atoms with Crippen LogP contribution in [0, 0.1) is 0 Å². The van der Waals surface area contributed by atoms with E-state index in [1.807, 2.05) is 6.07 Å². The number of rotatable bonds is 5. The SMILES string of the molecule is CS(=O)CCCNC1COCc2ccccc21. The van der Waals surface area contributed by atoms with Crippen molar-refractivity contribution in [2.24, 2.45) is 0 Å². The summed E-state index contributed by atoms with van der Waals surface area (Å²) in [5.74, 6) is 0.766. The van der Waals surface area contributed by atoms with Crippen LogP contribution in [0.2, 0.25) is 0 Å². The maximum atomic E-state index is 11.0. The molecule has 2 rings (SSSR count). The first-order valence-corrected chi connectivity index (χ1v) is 7.69. The summed E-state index contributed by atoms with van der Waals surface area (Å²) in [7, 11) is -0.688. The summed E-state index contributed by atoms with van der Waals surface area (Å²) in [4.78, 5) is 0. The first kappa shape index (κ1) is 12.7. The van der Waals surface area contributed by atoms with Crippen molar-refractivity contribution in [3.8, 4) is 0 Å². The van der Waals surface area contributed by atoms with Gasteiger partial charge in [-0.05, 0) is 24.1 Å². The Morgan fingerprint density at radius 3 is 3.12 bits per heavy atom. The predicted octanol–water partition coefficient (Wildman–Crippen LogP) is 1.62. The second kappa shape index (κ2) is 6.28. The Morgan fingerprint density at radius 2 is 2.29 bits per heavy atom. The van der Waals surface area contributed by atoms with Crippen LogP contribution in [0.15, 0.2) is 24.3 Å². The van der Waals surface area contributed by atoms with Crippen molar-refractivity contribution < 1.29 is 8.95 Å². The van der Waals surface area contributed by atoms with Gasteiger partial charge in [-0.25, -0.2) is 0 Å². The van der Waals surface area contributed by atoms with E-state index in [4.69, 9.17) is 4.74 Å². The van der Waals surface area contributed by atoms with E-state index in [2.05, 4.69) is 23.5 Å². The van der Waals surface area contributed by atoms with Gasteiger partial charge in [-0.1, -0.05) is 24.3 Å². The Balaban J connectivity index is 1.88. The minimum Gasteiger partial charge on any atom is -0.375 e. The third-order valence-corrected chi connectivity index (χ3v) is 3.84. The largest absolute Gasteiger partial charge is 0.375 e. The van der Waals surface area contributed by atoms with Crippen molar-refractivity contribution in [1.29, 1.82) is 0 Å². The molecule has 0 saturated heterocycles. The molecular formula is C13H19NO2S. The summed E-state index contributed by atoms with van der Waals surface area (Å²) in [6, 6.07) is 8.67. The van der Waals surface area contributed by atoms with Gasteiger partial charge < -0.3 is 10.1 Å². The van der Waals surface area contributed by atoms with Crippen LogP contribution < -0.4 is 5.32 Å². The van der Waals surface area contributed by atoms with Gasteiger partial charge >= 0.3 is 0 Å². The highest BCUT2D eigenvalue weighted by molar-refractivity contribution is 7.84. The molecule has 1 aromatic rings. The Hall–Kier alpha value is -0.710. The van der Waals surface area contributed by atoms with Gasteiger partial charge in [0.1, 0.15) is 0 Å². The minimum absolute atomic E-state index is 0.283. The van der Waals surface area contributed by atoms with Crippen LogP contribution in [0.1, 0.15) is 23.6 Å². The van der Waals surface area contributed by atoms with Crippen molar-refractivity contribution in [1.82, 2.24) is 5.32 Å². The fourth-order valence-corrected chi connectivity index (χ4v) is 2.65. The average molecular weight is 253 g/mol. The standard InChI is InChI=1S/C13H19NO2S/c1-17(15)8-4-7-14-13-10-16-9-11-5-2-3-6-12(11)13/h2-3,5-6,13-14H,4,7-10H2,1H3. The number of hydrogen-bond donors (Lipinski definition) is 1. The lowest BCUT2D eigenvalue weighted by Crippen LogP contribution is -2.30. The normalized spacial score (nSPS) is 20.9. The van der Waals surface area contributed by atoms with Crippen LogP contribution in [-0.2, 0) is 22.1 Å². The van der Waals surface area contributed by atoms with Gasteiger partial charge in [0.2, 0.25) is 0 Å². The number of benzene rings is 1. The molecule has 0 bridgehead atoms. The topological polar surface area (TPSA) is 38.3 Å². The molecule has 94 valence electrons. The predicted molar refractivity (Wildman–Crippen MR) is 70.4 cm³/mol. The summed E-state index contributed by atoms with van der Waals surface area (Å²) in [5.41, 5.74) is 2.62. The first-order valence-electron chi connectivity index (χ1n) is 5.96. The van der Waals surface area contributed by atoms with E-state index in [1.54, 1.807) is 6.26 Å². The maximum Gasteiger partial charge on any atom is 0.0721 e. The van der Waals surface area contributed by atoms with Gasteiger partial charge in [0, 0.05) is 22.8 Å². The molecule has 0 aromatic heterocycles.